The summed E-state index contributed by atoms with van der Waals surface area (Å²) in [6.45, 7) is 5.70. The molecule has 0 aliphatic heterocycles. The number of aromatic hydroxyl groups is 1. The van der Waals surface area contributed by atoms with E-state index in [0.29, 0.717) is 11.5 Å². The summed E-state index contributed by atoms with van der Waals surface area (Å²) < 4.78 is 0. The minimum absolute atomic E-state index is 0.0868. The molecular weight excluding hydrogens is 244 g/mol. The summed E-state index contributed by atoms with van der Waals surface area (Å²) in [6.07, 6.45) is 0. The summed E-state index contributed by atoms with van der Waals surface area (Å²) in [7, 11) is 0. The molecule has 2 aromatic rings. The number of hydrogen-bond donors (Lipinski definition) is 3. The molecule has 0 unspecified atom stereocenters. The van der Waals surface area contributed by atoms with Gasteiger partial charge in [-0.2, -0.15) is 0 Å². The van der Waals surface area contributed by atoms with E-state index in [4.69, 9.17) is 0 Å². The van der Waals surface area contributed by atoms with Crippen molar-refractivity contribution in [2.45, 2.75) is 26.7 Å². The second-order valence-electron chi connectivity index (χ2n) is 4.65. The largest absolute Gasteiger partial charge is 0.508 e. The van der Waals surface area contributed by atoms with Gasteiger partial charge in [-0.25, -0.2) is 4.98 Å². The number of amides is 1. The molecule has 0 bridgehead atoms. The molecule has 0 atom stereocenters. The van der Waals surface area contributed by atoms with Gasteiger partial charge in [0, 0.05) is 17.7 Å². The van der Waals surface area contributed by atoms with E-state index in [1.807, 2.05) is 13.8 Å². The van der Waals surface area contributed by atoms with Crippen molar-refractivity contribution in [1.29, 1.82) is 0 Å². The van der Waals surface area contributed by atoms with Gasteiger partial charge in [0.05, 0.1) is 0 Å². The van der Waals surface area contributed by atoms with Gasteiger partial charge in [-0.15, -0.1) is 5.10 Å². The van der Waals surface area contributed by atoms with Crippen LogP contribution in [0.4, 0.5) is 5.69 Å². The lowest BCUT2D eigenvalue weighted by Gasteiger charge is -2.04. The Bertz CT molecular complexity index is 604. The number of aromatic amines is 1. The number of hydrogen-bond acceptors (Lipinski definition) is 4. The molecule has 100 valence electrons. The van der Waals surface area contributed by atoms with Crippen molar-refractivity contribution in [2.24, 2.45) is 0 Å². The SMILES string of the molecule is Cc1ccc(NC(=O)c2n[nH]c(C(C)C)n2)cc1O. The van der Waals surface area contributed by atoms with E-state index < -0.39 is 5.91 Å². The molecule has 0 aliphatic carbocycles. The molecule has 6 nitrogen and oxygen atoms in total. The van der Waals surface area contributed by atoms with Crippen molar-refractivity contribution in [2.75, 3.05) is 5.32 Å². The van der Waals surface area contributed by atoms with Crippen molar-refractivity contribution in [1.82, 2.24) is 15.2 Å². The molecule has 0 saturated heterocycles. The van der Waals surface area contributed by atoms with E-state index >= 15 is 0 Å². The predicted octanol–water partition coefficient (Wildman–Crippen LogP) is 2.19. The molecule has 1 heterocycles. The molecule has 1 aromatic carbocycles. The number of carbonyl (C=O) groups excluding carboxylic acids is 1. The number of phenols is 1. The van der Waals surface area contributed by atoms with Crippen molar-refractivity contribution in [3.05, 3.63) is 35.4 Å². The molecule has 3 N–H and O–H groups in total. The van der Waals surface area contributed by atoms with E-state index in [1.165, 1.54) is 6.07 Å². The second kappa shape index (κ2) is 5.09. The van der Waals surface area contributed by atoms with Crippen LogP contribution >= 0.6 is 0 Å². The highest BCUT2D eigenvalue weighted by molar-refractivity contribution is 6.01. The van der Waals surface area contributed by atoms with E-state index in [1.54, 1.807) is 19.1 Å². The fourth-order valence-electron chi connectivity index (χ4n) is 1.51. The van der Waals surface area contributed by atoms with Gasteiger partial charge in [-0.3, -0.25) is 9.89 Å². The lowest BCUT2D eigenvalue weighted by molar-refractivity contribution is 0.101. The maximum Gasteiger partial charge on any atom is 0.295 e. The molecule has 0 fully saturated rings. The fourth-order valence-corrected chi connectivity index (χ4v) is 1.51. The monoisotopic (exact) mass is 260 g/mol. The minimum atomic E-state index is -0.411. The average Bonchev–Trinajstić information content (AvgIpc) is 2.83. The lowest BCUT2D eigenvalue weighted by atomic mass is 10.2. The first-order valence-electron chi connectivity index (χ1n) is 6.00. The Morgan fingerprint density at radius 1 is 1.42 bits per heavy atom. The average molecular weight is 260 g/mol. The van der Waals surface area contributed by atoms with Crippen LogP contribution in [0.2, 0.25) is 0 Å². The molecule has 6 heteroatoms. The maximum atomic E-state index is 11.9. The summed E-state index contributed by atoms with van der Waals surface area (Å²) in [4.78, 5) is 16.0. The smallest absolute Gasteiger partial charge is 0.295 e. The molecule has 0 saturated carbocycles. The third-order valence-corrected chi connectivity index (χ3v) is 2.72. The normalized spacial score (nSPS) is 10.7. The first-order valence-corrected chi connectivity index (χ1v) is 6.00. The summed E-state index contributed by atoms with van der Waals surface area (Å²) in [5.74, 6) is 0.653. The van der Waals surface area contributed by atoms with Gasteiger partial charge < -0.3 is 10.4 Å². The Hall–Kier alpha value is -2.37. The Labute approximate surface area is 110 Å². The number of benzene rings is 1. The molecule has 0 spiro atoms. The van der Waals surface area contributed by atoms with Crippen LogP contribution in [0.25, 0.3) is 0 Å². The summed E-state index contributed by atoms with van der Waals surface area (Å²) >= 11 is 0. The van der Waals surface area contributed by atoms with Crippen molar-refractivity contribution in [3.63, 3.8) is 0 Å². The maximum absolute atomic E-state index is 11.9. The number of aryl methyl sites for hydroxylation is 1. The number of H-pyrrole nitrogens is 1. The van der Waals surface area contributed by atoms with E-state index in [-0.39, 0.29) is 17.5 Å². The Morgan fingerprint density at radius 3 is 2.74 bits per heavy atom. The molecule has 0 aliphatic rings. The van der Waals surface area contributed by atoms with Gasteiger partial charge in [-0.1, -0.05) is 19.9 Å². The van der Waals surface area contributed by atoms with Crippen LogP contribution in [-0.4, -0.2) is 26.2 Å². The summed E-state index contributed by atoms with van der Waals surface area (Å²) in [6, 6.07) is 4.93. The van der Waals surface area contributed by atoms with E-state index in [9.17, 15) is 9.90 Å². The third-order valence-electron chi connectivity index (χ3n) is 2.72. The standard InChI is InChI=1S/C13H16N4O2/c1-7(2)11-15-12(17-16-11)13(19)14-9-5-4-8(3)10(18)6-9/h4-7,18H,1-3H3,(H,14,19)(H,15,16,17). The highest BCUT2D eigenvalue weighted by Gasteiger charge is 2.14. The van der Waals surface area contributed by atoms with Crippen LogP contribution in [0.3, 0.4) is 0 Å². The number of carbonyl (C=O) groups is 1. The topological polar surface area (TPSA) is 90.9 Å². The van der Waals surface area contributed by atoms with Crippen LogP contribution < -0.4 is 5.32 Å². The van der Waals surface area contributed by atoms with Crippen LogP contribution in [0.15, 0.2) is 18.2 Å². The molecule has 19 heavy (non-hydrogen) atoms. The van der Waals surface area contributed by atoms with Crippen molar-refractivity contribution >= 4 is 11.6 Å². The zero-order valence-electron chi connectivity index (χ0n) is 11.1. The van der Waals surface area contributed by atoms with Gasteiger partial charge in [0.2, 0.25) is 5.82 Å². The summed E-state index contributed by atoms with van der Waals surface area (Å²) in [5.41, 5.74) is 1.25. The molecular formula is C13H16N4O2. The van der Waals surface area contributed by atoms with Crippen LogP contribution in [0.1, 0.15) is 41.8 Å². The predicted molar refractivity (Wildman–Crippen MR) is 71.3 cm³/mol. The first kappa shape index (κ1) is 13.1. The van der Waals surface area contributed by atoms with Crippen molar-refractivity contribution in [3.8, 4) is 5.75 Å². The zero-order chi connectivity index (χ0) is 14.0. The summed E-state index contributed by atoms with van der Waals surface area (Å²) in [5, 5.41) is 18.8. The third kappa shape index (κ3) is 2.90. The van der Waals surface area contributed by atoms with E-state index in [2.05, 4.69) is 20.5 Å². The minimum Gasteiger partial charge on any atom is -0.508 e. The fraction of sp³-hybridized carbons (Fsp3) is 0.308. The number of rotatable bonds is 3. The second-order valence-corrected chi connectivity index (χ2v) is 4.65. The highest BCUT2D eigenvalue weighted by Crippen LogP contribution is 2.21. The number of anilines is 1. The van der Waals surface area contributed by atoms with Gasteiger partial charge in [0.1, 0.15) is 11.6 Å². The number of phenolic OH excluding ortho intramolecular Hbond substituents is 1. The van der Waals surface area contributed by atoms with Crippen LogP contribution in [0, 0.1) is 6.92 Å². The number of nitrogens with zero attached hydrogens (tertiary/aromatic N) is 2. The van der Waals surface area contributed by atoms with Crippen molar-refractivity contribution < 1.29 is 9.90 Å². The first-order chi connectivity index (χ1) is 8.97. The van der Waals surface area contributed by atoms with Gasteiger partial charge in [0.25, 0.3) is 5.91 Å². The molecule has 1 aromatic heterocycles. The Kier molecular flexibility index (Phi) is 3.50. The van der Waals surface area contributed by atoms with E-state index in [0.717, 1.165) is 5.56 Å². The van der Waals surface area contributed by atoms with Crippen LogP contribution in [-0.2, 0) is 0 Å². The highest BCUT2D eigenvalue weighted by atomic mass is 16.3. The van der Waals surface area contributed by atoms with Crippen LogP contribution in [0.5, 0.6) is 5.75 Å². The zero-order valence-corrected chi connectivity index (χ0v) is 11.1. The van der Waals surface area contributed by atoms with Gasteiger partial charge in [0.15, 0.2) is 0 Å². The molecule has 1 amide bonds. The number of aromatic nitrogens is 3. The van der Waals surface area contributed by atoms with Gasteiger partial charge in [-0.05, 0) is 18.6 Å². The number of nitrogens with one attached hydrogen (secondary N) is 2. The Balaban J connectivity index is 2.13. The van der Waals surface area contributed by atoms with Gasteiger partial charge >= 0.3 is 0 Å². The lowest BCUT2D eigenvalue weighted by Crippen LogP contribution is -2.13. The Morgan fingerprint density at radius 2 is 2.16 bits per heavy atom. The quantitative estimate of drug-likeness (QED) is 0.789. The molecule has 2 rings (SSSR count). The molecule has 0 radical (unpaired) electrons.